The van der Waals surface area contributed by atoms with Crippen LogP contribution in [0.15, 0.2) is 136 Å². The summed E-state index contributed by atoms with van der Waals surface area (Å²) in [5.74, 6) is -1.81. The summed E-state index contributed by atoms with van der Waals surface area (Å²) in [7, 11) is -11.1. The smallest absolute Gasteiger partial charge is 0.380 e. The van der Waals surface area contributed by atoms with Crippen molar-refractivity contribution in [2.45, 2.75) is 124 Å². The van der Waals surface area contributed by atoms with Crippen LogP contribution in [-0.2, 0) is 42.5 Å². The van der Waals surface area contributed by atoms with Gasteiger partial charge in [0.2, 0.25) is 11.8 Å². The van der Waals surface area contributed by atoms with E-state index in [2.05, 4.69) is 70.1 Å². The number of carbonyl (C=O) groups excluding carboxylic acids is 4. The van der Waals surface area contributed by atoms with Crippen LogP contribution in [0.3, 0.4) is 0 Å². The van der Waals surface area contributed by atoms with Crippen molar-refractivity contribution >= 4 is 83.8 Å². The van der Waals surface area contributed by atoms with Gasteiger partial charge in [-0.2, -0.15) is 13.2 Å². The van der Waals surface area contributed by atoms with Gasteiger partial charge in [0, 0.05) is 122 Å². The highest BCUT2D eigenvalue weighted by atomic mass is 35.5. The zero-order valence-corrected chi connectivity index (χ0v) is 51.7. The number of allylic oxidation sites excluding steroid dienone is 1. The third-order valence-corrected chi connectivity index (χ3v) is 21.5. The number of nitrogens with one attached hydrogen (secondary N) is 3. The molecule has 0 aromatic heterocycles. The number of sulfone groups is 1. The second-order valence-electron chi connectivity index (χ2n) is 24.1. The Kier molecular flexibility index (Phi) is 18.8. The van der Waals surface area contributed by atoms with Crippen molar-refractivity contribution < 1.29 is 49.2 Å². The van der Waals surface area contributed by atoms with E-state index in [1.54, 1.807) is 18.2 Å². The monoisotopic (exact) mass is 1260 g/mol. The quantitative estimate of drug-likeness (QED) is 0.0523. The Balaban J connectivity index is 0.784. The Morgan fingerprint density at radius 3 is 2.20 bits per heavy atom. The molecular formula is C63H72ClF3N8O8S3. The Morgan fingerprint density at radius 1 is 0.826 bits per heavy atom. The average molecular weight is 1260 g/mol. The van der Waals surface area contributed by atoms with Crippen LogP contribution in [0.1, 0.15) is 104 Å². The summed E-state index contributed by atoms with van der Waals surface area (Å²) in [6.45, 7) is 15.3. The minimum Gasteiger partial charge on any atom is -0.380 e. The number of carbonyl (C=O) groups is 4. The Hall–Kier alpha value is -6.27. The number of piperidine rings is 1. The molecule has 23 heteroatoms. The number of piperazine rings is 2. The fourth-order valence-corrected chi connectivity index (χ4v) is 15.8. The molecule has 4 amide bonds. The van der Waals surface area contributed by atoms with Gasteiger partial charge < -0.3 is 15.1 Å². The number of amides is 4. The maximum Gasteiger partial charge on any atom is 0.501 e. The molecule has 16 nitrogen and oxygen atoms in total. The molecule has 3 saturated heterocycles. The average Bonchev–Trinajstić information content (AvgIpc) is 1.40. The molecular weight excluding hydrogens is 1190 g/mol. The Morgan fingerprint density at radius 2 is 1.52 bits per heavy atom. The molecule has 3 N–H and O–H groups in total. The van der Waals surface area contributed by atoms with Crippen molar-refractivity contribution in [1.82, 2.24) is 29.6 Å². The van der Waals surface area contributed by atoms with Crippen LogP contribution in [0, 0.1) is 5.41 Å². The van der Waals surface area contributed by atoms with Crippen LogP contribution in [0.2, 0.25) is 5.02 Å². The zero-order chi connectivity index (χ0) is 61.3. The van der Waals surface area contributed by atoms with Crippen molar-refractivity contribution in [3.05, 3.63) is 154 Å². The second-order valence-corrected chi connectivity index (χ2v) is 29.2. The lowest BCUT2D eigenvalue weighted by Crippen LogP contribution is -2.56. The lowest BCUT2D eigenvalue weighted by molar-refractivity contribution is -0.136. The molecule has 5 aliphatic rings. The molecule has 5 aromatic carbocycles. The predicted octanol–water partition coefficient (Wildman–Crippen LogP) is 9.86. The van der Waals surface area contributed by atoms with E-state index in [9.17, 15) is 49.2 Å². The van der Waals surface area contributed by atoms with E-state index in [0.29, 0.717) is 68.1 Å². The second kappa shape index (κ2) is 25.8. The Labute approximate surface area is 510 Å². The molecule has 5 aromatic rings. The standard InChI is InChI=1S/C63H72ClF3N8O8S3/c1-41-35-72(37-43-10-20-54-46(32-43)39-75(61(54)79)56-22-23-58(76)69-60(56)78)36-42(2)74(41)27-25-49(40-84-51-8-6-5-7-9-51)68-55-21-19-52(33-57(55)85(80,81)63(65,66)67)86(82,83)70-59(77)45-13-17-50(18-14-45)73-30-28-71(29-31-73)38-47-34-62(3,4)26-24-53(47)44-11-15-48(64)16-12-44/h5-21,32-33,41-42,49,56,68H,22-31,34-40H2,1-4H3,(H,70,77)(H,69,76,78)/t41?,42?,49-,56?/m1/s1. The molecule has 10 rings (SSSR count). The van der Waals surface area contributed by atoms with Gasteiger partial charge in [0.1, 0.15) is 10.9 Å². The minimum absolute atomic E-state index is 0.0132. The number of thioether (sulfide) groups is 1. The van der Waals surface area contributed by atoms with E-state index in [4.69, 9.17) is 11.6 Å². The molecule has 3 unspecified atom stereocenters. The first-order valence-corrected chi connectivity index (χ1v) is 33.4. The van der Waals surface area contributed by atoms with E-state index in [1.807, 2.05) is 59.3 Å². The predicted molar refractivity (Wildman–Crippen MR) is 328 cm³/mol. The highest BCUT2D eigenvalue weighted by molar-refractivity contribution is 7.99. The number of alkyl halides is 3. The molecule has 4 heterocycles. The van der Waals surface area contributed by atoms with Crippen LogP contribution in [-0.4, -0.2) is 148 Å². The van der Waals surface area contributed by atoms with Crippen LogP contribution in [0.25, 0.3) is 5.57 Å². The van der Waals surface area contributed by atoms with E-state index >= 15 is 0 Å². The number of nitrogens with zero attached hydrogens (tertiary/aromatic N) is 5. The SMILES string of the molecule is CC1CN(Cc2ccc3c(c2)CN(C2CCC(=O)NC2=O)C3=O)CC(C)N1CC[C@H](CSc1ccccc1)Nc1ccc(S(=O)(=O)NC(=O)c2ccc(N3CCN(CC4=C(c5ccc(Cl)cc5)CCC(C)(C)C4)CC3)cc2)cc1S(=O)(=O)C(F)(F)F. The van der Waals surface area contributed by atoms with Crippen molar-refractivity contribution in [2.24, 2.45) is 5.41 Å². The van der Waals surface area contributed by atoms with Gasteiger partial charge in [0.25, 0.3) is 31.7 Å². The zero-order valence-electron chi connectivity index (χ0n) is 48.5. The highest BCUT2D eigenvalue weighted by Crippen LogP contribution is 2.43. The van der Waals surface area contributed by atoms with Crippen molar-refractivity contribution in [3.8, 4) is 0 Å². The number of benzene rings is 5. The number of anilines is 2. The number of halogens is 4. The number of imide groups is 1. The van der Waals surface area contributed by atoms with Gasteiger partial charge in [-0.05, 0) is 146 Å². The number of hydrogen-bond acceptors (Lipinski definition) is 14. The summed E-state index contributed by atoms with van der Waals surface area (Å²) in [6.07, 6.45) is 3.90. The van der Waals surface area contributed by atoms with Gasteiger partial charge in [-0.1, -0.05) is 73.5 Å². The summed E-state index contributed by atoms with van der Waals surface area (Å²) >= 11 is 7.65. The first kappa shape index (κ1) is 62.8. The van der Waals surface area contributed by atoms with Crippen LogP contribution in [0.4, 0.5) is 24.5 Å². The molecule has 0 spiro atoms. The van der Waals surface area contributed by atoms with Crippen molar-refractivity contribution in [2.75, 3.05) is 68.3 Å². The fourth-order valence-electron chi connectivity index (χ4n) is 12.7. The molecule has 4 atom stereocenters. The maximum absolute atomic E-state index is 14.6. The van der Waals surface area contributed by atoms with E-state index < -0.39 is 64.7 Å². The third kappa shape index (κ3) is 14.5. The molecule has 1 aliphatic carbocycles. The van der Waals surface area contributed by atoms with E-state index in [1.165, 1.54) is 45.5 Å². The van der Waals surface area contributed by atoms with Crippen molar-refractivity contribution in [3.63, 3.8) is 0 Å². The highest BCUT2D eigenvalue weighted by Gasteiger charge is 2.49. The topological polar surface area (TPSA) is 189 Å². The number of rotatable bonds is 19. The molecule has 86 heavy (non-hydrogen) atoms. The molecule has 458 valence electrons. The summed E-state index contributed by atoms with van der Waals surface area (Å²) in [5, 5.41) is 6.11. The van der Waals surface area contributed by atoms with Crippen LogP contribution < -0.4 is 20.3 Å². The lowest BCUT2D eigenvalue weighted by Gasteiger charge is -2.45. The largest absolute Gasteiger partial charge is 0.501 e. The van der Waals surface area contributed by atoms with Gasteiger partial charge in [-0.25, -0.2) is 21.6 Å². The normalized spacial score (nSPS) is 21.3. The summed E-state index contributed by atoms with van der Waals surface area (Å²) in [4.78, 5) is 60.8. The molecule has 0 bridgehead atoms. The van der Waals surface area contributed by atoms with Crippen LogP contribution >= 0.6 is 23.4 Å². The Bertz CT molecular complexity index is 3610. The number of sulfonamides is 1. The first-order valence-electron chi connectivity index (χ1n) is 29.1. The van der Waals surface area contributed by atoms with Gasteiger partial charge in [0.15, 0.2) is 0 Å². The van der Waals surface area contributed by atoms with Crippen LogP contribution in [0.5, 0.6) is 0 Å². The maximum atomic E-state index is 14.6. The fraction of sp³-hybridized carbons (Fsp3) is 0.429. The summed E-state index contributed by atoms with van der Waals surface area (Å²) in [6, 6.07) is 30.6. The molecule has 3 fully saturated rings. The third-order valence-electron chi connectivity index (χ3n) is 17.2. The summed E-state index contributed by atoms with van der Waals surface area (Å²) in [5.41, 5.74) is 1.11. The van der Waals surface area contributed by atoms with E-state index in [-0.39, 0.29) is 54.3 Å². The van der Waals surface area contributed by atoms with Gasteiger partial charge in [0.05, 0.1) is 10.6 Å². The summed E-state index contributed by atoms with van der Waals surface area (Å²) < 4.78 is 100. The molecule has 0 radical (unpaired) electrons. The number of fused-ring (bicyclic) bond motifs is 1. The van der Waals surface area contributed by atoms with Crippen molar-refractivity contribution in [1.29, 1.82) is 0 Å². The van der Waals surface area contributed by atoms with Gasteiger partial charge >= 0.3 is 5.51 Å². The van der Waals surface area contributed by atoms with Gasteiger partial charge in [-0.3, -0.25) is 39.2 Å². The van der Waals surface area contributed by atoms with Gasteiger partial charge in [-0.15, -0.1) is 11.8 Å². The first-order chi connectivity index (χ1) is 40.8. The minimum atomic E-state index is -6.16. The van der Waals surface area contributed by atoms with E-state index in [0.717, 1.165) is 72.7 Å². The molecule has 0 saturated carbocycles. The lowest BCUT2D eigenvalue weighted by atomic mass is 9.73. The molecule has 4 aliphatic heterocycles. The number of hydrogen-bond donors (Lipinski definition) is 3.